The maximum absolute atomic E-state index is 12.9. The molecule has 2 atom stereocenters. The van der Waals surface area contributed by atoms with Crippen molar-refractivity contribution >= 4 is 17.9 Å². The lowest BCUT2D eigenvalue weighted by Gasteiger charge is -2.53. The van der Waals surface area contributed by atoms with Gasteiger partial charge in [-0.3, -0.25) is 4.79 Å². The number of carboxylic acids is 1. The van der Waals surface area contributed by atoms with Crippen molar-refractivity contribution in [2.24, 2.45) is 5.41 Å². The number of carbonyl (C=O) groups excluding carboxylic acids is 2. The van der Waals surface area contributed by atoms with Gasteiger partial charge in [0.25, 0.3) is 0 Å². The lowest BCUT2D eigenvalue weighted by atomic mass is 9.72. The first-order valence-corrected chi connectivity index (χ1v) is 9.84. The lowest BCUT2D eigenvalue weighted by Crippen LogP contribution is -2.72. The molecule has 1 aliphatic rings. The predicted octanol–water partition coefficient (Wildman–Crippen LogP) is 3.62. The van der Waals surface area contributed by atoms with Crippen LogP contribution in [0, 0.1) is 12.3 Å². The highest BCUT2D eigenvalue weighted by molar-refractivity contribution is 6.03. The average molecular weight is 390 g/mol. The smallest absolute Gasteiger partial charge is 0.329 e. The van der Waals surface area contributed by atoms with E-state index in [2.05, 4.69) is 5.32 Å². The largest absolute Gasteiger partial charge is 0.480 e. The van der Waals surface area contributed by atoms with Crippen LogP contribution >= 0.6 is 0 Å². The molecule has 0 radical (unpaired) electrons. The van der Waals surface area contributed by atoms with E-state index in [1.54, 1.807) is 0 Å². The van der Waals surface area contributed by atoms with Crippen molar-refractivity contribution in [2.45, 2.75) is 65.6 Å². The van der Waals surface area contributed by atoms with E-state index in [1.165, 1.54) is 0 Å². The molecular weight excluding hydrogens is 360 g/mol. The molecule has 0 spiro atoms. The minimum Gasteiger partial charge on any atom is -0.480 e. The summed E-state index contributed by atoms with van der Waals surface area (Å²) in [5, 5.41) is 11.9. The van der Waals surface area contributed by atoms with E-state index >= 15 is 0 Å². The van der Waals surface area contributed by atoms with Gasteiger partial charge in [-0.15, -0.1) is 0 Å². The molecule has 1 unspecified atom stereocenters. The molecule has 2 rings (SSSR count). The van der Waals surface area contributed by atoms with E-state index in [1.807, 2.05) is 52.0 Å². The van der Waals surface area contributed by atoms with Crippen LogP contribution in [0.2, 0.25) is 0 Å². The molecule has 1 saturated heterocycles. The fraction of sp³-hybridized carbons (Fsp3) is 0.571. The van der Waals surface area contributed by atoms with Crippen molar-refractivity contribution in [1.82, 2.24) is 10.2 Å². The number of aryl methyl sites for hydroxylation is 1. The Balaban J connectivity index is 2.20. The maximum atomic E-state index is 12.9. The number of hydrogen-bond donors (Lipinski definition) is 2. The molecule has 1 aromatic rings. The number of benzene rings is 1. The first kappa shape index (κ1) is 21.9. The third kappa shape index (κ3) is 4.19. The topological polar surface area (TPSA) is 95.9 Å². The quantitative estimate of drug-likeness (QED) is 0.628. The molecule has 1 aromatic carbocycles. The molecule has 1 heterocycles. The third-order valence-corrected chi connectivity index (χ3v) is 5.55. The number of carbonyl (C=O) groups is 3. The summed E-state index contributed by atoms with van der Waals surface area (Å²) in [5.74, 6) is -1.45. The highest BCUT2D eigenvalue weighted by Gasteiger charge is 2.62. The van der Waals surface area contributed by atoms with E-state index in [4.69, 9.17) is 9.84 Å². The second-order valence-corrected chi connectivity index (χ2v) is 7.30. The fourth-order valence-electron chi connectivity index (χ4n) is 3.75. The van der Waals surface area contributed by atoms with Crippen LogP contribution in [0.25, 0.3) is 0 Å². The van der Waals surface area contributed by atoms with Crippen molar-refractivity contribution in [3.8, 4) is 0 Å². The van der Waals surface area contributed by atoms with Gasteiger partial charge in [-0.2, -0.15) is 0 Å². The van der Waals surface area contributed by atoms with Crippen LogP contribution in [-0.2, 0) is 14.3 Å². The highest BCUT2D eigenvalue weighted by Crippen LogP contribution is 2.45. The third-order valence-electron chi connectivity index (χ3n) is 5.55. The molecule has 7 nitrogen and oxygen atoms in total. The van der Waals surface area contributed by atoms with Crippen molar-refractivity contribution in [3.05, 3.63) is 35.4 Å². The average Bonchev–Trinajstić information content (AvgIpc) is 2.66. The number of amides is 3. The summed E-state index contributed by atoms with van der Waals surface area (Å²) < 4.78 is 5.45. The number of aliphatic carboxylic acids is 1. The van der Waals surface area contributed by atoms with Crippen LogP contribution < -0.4 is 5.32 Å². The Morgan fingerprint density at radius 1 is 1.21 bits per heavy atom. The van der Waals surface area contributed by atoms with Crippen LogP contribution in [0.1, 0.15) is 63.6 Å². The second-order valence-electron chi connectivity index (χ2n) is 7.30. The molecule has 1 fully saturated rings. The highest BCUT2D eigenvalue weighted by atomic mass is 16.5. The van der Waals surface area contributed by atoms with E-state index in [0.717, 1.165) is 28.9 Å². The van der Waals surface area contributed by atoms with Crippen molar-refractivity contribution in [1.29, 1.82) is 0 Å². The zero-order valence-electron chi connectivity index (χ0n) is 17.0. The normalized spacial score (nSPS) is 19.1. The number of nitrogens with zero attached hydrogens (tertiary/aromatic N) is 1. The SMILES string of the molecule is CCC[C@@H](NC(=O)N1C(=O)C(CC)(CC)C1OCC(=O)O)c1ccc(C)cc1. The van der Waals surface area contributed by atoms with Crippen molar-refractivity contribution < 1.29 is 24.2 Å². The Morgan fingerprint density at radius 2 is 1.82 bits per heavy atom. The summed E-state index contributed by atoms with van der Waals surface area (Å²) in [6.45, 7) is 7.16. The van der Waals surface area contributed by atoms with E-state index < -0.39 is 30.3 Å². The number of likely N-dealkylation sites (tertiary alicyclic amines) is 1. The summed E-state index contributed by atoms with van der Waals surface area (Å²) in [6, 6.07) is 7.12. The van der Waals surface area contributed by atoms with Crippen LogP contribution in [0.15, 0.2) is 24.3 Å². The lowest BCUT2D eigenvalue weighted by molar-refractivity contribution is -0.213. The summed E-state index contributed by atoms with van der Waals surface area (Å²) >= 11 is 0. The monoisotopic (exact) mass is 390 g/mol. The van der Waals surface area contributed by atoms with Gasteiger partial charge in [-0.1, -0.05) is 57.0 Å². The van der Waals surface area contributed by atoms with Gasteiger partial charge >= 0.3 is 12.0 Å². The van der Waals surface area contributed by atoms with Crippen LogP contribution in [0.5, 0.6) is 0 Å². The number of nitrogens with one attached hydrogen (secondary N) is 1. The van der Waals surface area contributed by atoms with Crippen LogP contribution in [0.3, 0.4) is 0 Å². The van der Waals surface area contributed by atoms with Crippen molar-refractivity contribution in [3.63, 3.8) is 0 Å². The zero-order chi connectivity index (χ0) is 20.9. The standard InChI is InChI=1S/C21H30N2O5/c1-5-8-16(15-11-9-14(4)10-12-15)22-20(27)23-18(26)21(6-2,7-3)19(23)28-13-17(24)25/h9-12,16,19H,5-8,13H2,1-4H3,(H,22,27)(H,24,25)/t16-,19?/m1/s1. The predicted molar refractivity (Wildman–Crippen MR) is 105 cm³/mol. The molecule has 0 saturated carbocycles. The summed E-state index contributed by atoms with van der Waals surface area (Å²) in [5.41, 5.74) is 1.24. The molecule has 0 aromatic heterocycles. The maximum Gasteiger partial charge on any atom is 0.329 e. The Morgan fingerprint density at radius 3 is 2.32 bits per heavy atom. The number of ether oxygens (including phenoxy) is 1. The minimum absolute atomic E-state index is 0.232. The van der Waals surface area contributed by atoms with Gasteiger partial charge in [-0.25, -0.2) is 14.5 Å². The van der Waals surface area contributed by atoms with E-state index in [9.17, 15) is 14.4 Å². The zero-order valence-corrected chi connectivity index (χ0v) is 17.0. The Hall–Kier alpha value is -2.41. The molecule has 154 valence electrons. The number of hydrogen-bond acceptors (Lipinski definition) is 4. The first-order valence-electron chi connectivity index (χ1n) is 9.84. The molecule has 1 aliphatic heterocycles. The van der Waals surface area contributed by atoms with Gasteiger partial charge in [0.15, 0.2) is 6.23 Å². The minimum atomic E-state index is -1.13. The van der Waals surface area contributed by atoms with Gasteiger partial charge in [0, 0.05) is 0 Å². The summed E-state index contributed by atoms with van der Waals surface area (Å²) in [6.07, 6.45) is 1.68. The molecule has 7 heteroatoms. The van der Waals surface area contributed by atoms with Gasteiger partial charge in [0.05, 0.1) is 11.5 Å². The molecular formula is C21H30N2O5. The van der Waals surface area contributed by atoms with Gasteiger partial charge in [0.1, 0.15) is 6.61 Å². The van der Waals surface area contributed by atoms with E-state index in [0.29, 0.717) is 12.8 Å². The number of β-lactam (4-membered cyclic amide) rings is 1. The van der Waals surface area contributed by atoms with Crippen molar-refractivity contribution in [2.75, 3.05) is 6.61 Å². The molecule has 0 aliphatic carbocycles. The van der Waals surface area contributed by atoms with E-state index in [-0.39, 0.29) is 11.9 Å². The fourth-order valence-corrected chi connectivity index (χ4v) is 3.75. The first-order chi connectivity index (χ1) is 13.3. The Labute approximate surface area is 166 Å². The number of carboxylic acid groups (broad SMARTS) is 1. The van der Waals surface area contributed by atoms with Gasteiger partial charge < -0.3 is 15.2 Å². The molecule has 28 heavy (non-hydrogen) atoms. The Kier molecular flexibility index (Phi) is 7.18. The number of rotatable bonds is 9. The van der Waals surface area contributed by atoms with Crippen LogP contribution in [0.4, 0.5) is 4.79 Å². The molecule has 0 bridgehead atoms. The summed E-state index contributed by atoms with van der Waals surface area (Å²) in [7, 11) is 0. The molecule has 2 N–H and O–H groups in total. The van der Waals surface area contributed by atoms with Gasteiger partial charge in [0.2, 0.25) is 5.91 Å². The van der Waals surface area contributed by atoms with Gasteiger partial charge in [-0.05, 0) is 31.7 Å². The Bertz CT molecular complexity index is 712. The second kappa shape index (κ2) is 9.19. The number of imide groups is 1. The number of urea groups is 1. The molecule has 3 amide bonds. The summed E-state index contributed by atoms with van der Waals surface area (Å²) in [4.78, 5) is 37.7. The van der Waals surface area contributed by atoms with Crippen LogP contribution in [-0.4, -0.2) is 40.7 Å².